The van der Waals surface area contributed by atoms with E-state index < -0.39 is 5.41 Å². The molecule has 0 spiro atoms. The van der Waals surface area contributed by atoms with Crippen LogP contribution in [0.15, 0.2) is 48.5 Å². The fourth-order valence-electron chi connectivity index (χ4n) is 2.25. The molecule has 0 aliphatic heterocycles. The maximum absolute atomic E-state index is 12.5. The lowest BCUT2D eigenvalue weighted by molar-refractivity contribution is -0.138. The first kappa shape index (κ1) is 19.0. The Morgan fingerprint density at radius 1 is 1.00 bits per heavy atom. The van der Waals surface area contributed by atoms with E-state index in [2.05, 4.69) is 17.6 Å². The quantitative estimate of drug-likeness (QED) is 0.761. The molecule has 0 aliphatic carbocycles. The van der Waals surface area contributed by atoms with Crippen LogP contribution in [0.3, 0.4) is 0 Å². The number of halogens is 1. The smallest absolute Gasteiger partial charge is 0.239 e. The predicted molar refractivity (Wildman–Crippen MR) is 102 cm³/mol. The summed E-state index contributed by atoms with van der Waals surface area (Å²) in [5, 5.41) is 6.16. The molecule has 5 heteroatoms. The topological polar surface area (TPSA) is 58.2 Å². The van der Waals surface area contributed by atoms with Gasteiger partial charge in [-0.1, -0.05) is 48.9 Å². The summed E-state index contributed by atoms with van der Waals surface area (Å²) in [6.07, 6.45) is 0.935. The molecule has 2 aromatic rings. The summed E-state index contributed by atoms with van der Waals surface area (Å²) in [6, 6.07) is 14.9. The minimum absolute atomic E-state index is 0.278. The van der Waals surface area contributed by atoms with E-state index in [0.29, 0.717) is 10.7 Å². The summed E-state index contributed by atoms with van der Waals surface area (Å²) in [6.45, 7) is 5.55. The van der Waals surface area contributed by atoms with E-state index in [0.717, 1.165) is 12.0 Å². The lowest BCUT2D eigenvalue weighted by Gasteiger charge is -2.23. The second-order valence-electron chi connectivity index (χ2n) is 6.40. The normalized spacial score (nSPS) is 11.0. The van der Waals surface area contributed by atoms with Gasteiger partial charge in [-0.25, -0.2) is 0 Å². The summed E-state index contributed by atoms with van der Waals surface area (Å²) in [5.74, 6) is -0.705. The lowest BCUT2D eigenvalue weighted by atomic mass is 9.90. The molecule has 0 aliphatic rings. The monoisotopic (exact) mass is 358 g/mol. The number of carbonyl (C=O) groups is 2. The summed E-state index contributed by atoms with van der Waals surface area (Å²) in [5.41, 5.74) is 1.47. The Hall–Kier alpha value is -2.33. The van der Waals surface area contributed by atoms with Gasteiger partial charge in [-0.05, 0) is 49.6 Å². The molecule has 25 heavy (non-hydrogen) atoms. The molecule has 0 heterocycles. The molecule has 0 atom stereocenters. The Morgan fingerprint density at radius 3 is 2.24 bits per heavy atom. The number of carbonyl (C=O) groups excluding carboxylic acids is 2. The van der Waals surface area contributed by atoms with Crippen molar-refractivity contribution < 1.29 is 9.59 Å². The number of aryl methyl sites for hydroxylation is 1. The van der Waals surface area contributed by atoms with Crippen molar-refractivity contribution in [2.45, 2.75) is 33.7 Å². The van der Waals surface area contributed by atoms with Crippen molar-refractivity contribution in [2.24, 2.45) is 5.41 Å². The molecule has 0 saturated carbocycles. The minimum Gasteiger partial charge on any atom is -0.351 e. The van der Waals surface area contributed by atoms with Crippen LogP contribution >= 0.6 is 11.6 Å². The standard InChI is InChI=1S/C20H23ClN2O2/c1-4-14-9-11-16(12-10-14)23-19(25)20(2,3)18(24)22-13-15-7-5-6-8-17(15)21/h5-12H,4,13H2,1-3H3,(H,22,24)(H,23,25). The van der Waals surface area contributed by atoms with E-state index in [1.165, 1.54) is 5.56 Å². The number of hydrogen-bond acceptors (Lipinski definition) is 2. The first-order valence-electron chi connectivity index (χ1n) is 8.26. The largest absolute Gasteiger partial charge is 0.351 e. The molecule has 0 saturated heterocycles. The van der Waals surface area contributed by atoms with Crippen LogP contribution in [0.2, 0.25) is 5.02 Å². The van der Waals surface area contributed by atoms with E-state index >= 15 is 0 Å². The van der Waals surface area contributed by atoms with Gasteiger partial charge in [0.1, 0.15) is 5.41 Å². The molecule has 0 fully saturated rings. The van der Waals surface area contributed by atoms with Gasteiger partial charge in [-0.3, -0.25) is 9.59 Å². The van der Waals surface area contributed by atoms with Gasteiger partial charge in [0.2, 0.25) is 11.8 Å². The van der Waals surface area contributed by atoms with Crippen LogP contribution in [-0.2, 0) is 22.6 Å². The average molecular weight is 359 g/mol. The molecular weight excluding hydrogens is 336 g/mol. The van der Waals surface area contributed by atoms with Crippen LogP contribution < -0.4 is 10.6 Å². The van der Waals surface area contributed by atoms with E-state index in [9.17, 15) is 9.59 Å². The van der Waals surface area contributed by atoms with E-state index in [1.54, 1.807) is 19.9 Å². The molecule has 2 amide bonds. The third kappa shape index (κ3) is 4.83. The van der Waals surface area contributed by atoms with E-state index in [-0.39, 0.29) is 18.4 Å². The molecule has 0 bridgehead atoms. The first-order chi connectivity index (χ1) is 11.8. The van der Waals surface area contributed by atoms with Crippen molar-refractivity contribution in [3.8, 4) is 0 Å². The molecule has 132 valence electrons. The number of amides is 2. The third-order valence-corrected chi connectivity index (χ3v) is 4.52. The first-order valence-corrected chi connectivity index (χ1v) is 8.64. The Kier molecular flexibility index (Phi) is 6.21. The number of anilines is 1. The highest BCUT2D eigenvalue weighted by Crippen LogP contribution is 2.21. The summed E-state index contributed by atoms with van der Waals surface area (Å²) < 4.78 is 0. The van der Waals surface area contributed by atoms with Gasteiger partial charge in [-0.15, -0.1) is 0 Å². The summed E-state index contributed by atoms with van der Waals surface area (Å²) >= 11 is 6.09. The Labute approximate surface area is 153 Å². The van der Waals surface area contributed by atoms with Gasteiger partial charge in [-0.2, -0.15) is 0 Å². The van der Waals surface area contributed by atoms with Crippen LogP contribution in [0.1, 0.15) is 31.9 Å². The third-order valence-electron chi connectivity index (χ3n) is 4.15. The molecule has 2 N–H and O–H groups in total. The maximum atomic E-state index is 12.5. The molecule has 0 radical (unpaired) electrons. The van der Waals surface area contributed by atoms with E-state index in [4.69, 9.17) is 11.6 Å². The molecular formula is C20H23ClN2O2. The molecule has 2 rings (SSSR count). The molecule has 4 nitrogen and oxygen atoms in total. The summed E-state index contributed by atoms with van der Waals surface area (Å²) in [7, 11) is 0. The number of hydrogen-bond donors (Lipinski definition) is 2. The molecule has 2 aromatic carbocycles. The number of benzene rings is 2. The number of nitrogens with one attached hydrogen (secondary N) is 2. The Bertz CT molecular complexity index is 755. The van der Waals surface area contributed by atoms with Crippen LogP contribution in [0, 0.1) is 5.41 Å². The Balaban J connectivity index is 1.99. The van der Waals surface area contributed by atoms with Gasteiger partial charge in [0.15, 0.2) is 0 Å². The van der Waals surface area contributed by atoms with Gasteiger partial charge in [0.25, 0.3) is 0 Å². The fraction of sp³-hybridized carbons (Fsp3) is 0.300. The van der Waals surface area contributed by atoms with Crippen molar-refractivity contribution in [2.75, 3.05) is 5.32 Å². The lowest BCUT2D eigenvalue weighted by Crippen LogP contribution is -2.44. The van der Waals surface area contributed by atoms with Gasteiger partial charge < -0.3 is 10.6 Å². The van der Waals surface area contributed by atoms with Crippen LogP contribution in [0.4, 0.5) is 5.69 Å². The van der Waals surface area contributed by atoms with E-state index in [1.807, 2.05) is 42.5 Å². The van der Waals surface area contributed by atoms with Crippen molar-refractivity contribution >= 4 is 29.1 Å². The maximum Gasteiger partial charge on any atom is 0.239 e. The minimum atomic E-state index is -1.20. The van der Waals surface area contributed by atoms with Gasteiger partial charge in [0, 0.05) is 17.3 Å². The van der Waals surface area contributed by atoms with Crippen molar-refractivity contribution in [3.05, 3.63) is 64.7 Å². The Morgan fingerprint density at radius 2 is 1.64 bits per heavy atom. The SMILES string of the molecule is CCc1ccc(NC(=O)C(C)(C)C(=O)NCc2ccccc2Cl)cc1. The highest BCUT2D eigenvalue weighted by Gasteiger charge is 2.36. The molecule has 0 unspecified atom stereocenters. The van der Waals surface area contributed by atoms with Crippen LogP contribution in [0.5, 0.6) is 0 Å². The highest BCUT2D eigenvalue weighted by molar-refractivity contribution is 6.31. The van der Waals surface area contributed by atoms with Crippen LogP contribution in [0.25, 0.3) is 0 Å². The number of rotatable bonds is 6. The average Bonchev–Trinajstić information content (AvgIpc) is 2.61. The van der Waals surface area contributed by atoms with Gasteiger partial charge in [0.05, 0.1) is 0 Å². The van der Waals surface area contributed by atoms with Crippen molar-refractivity contribution in [1.29, 1.82) is 0 Å². The van der Waals surface area contributed by atoms with Gasteiger partial charge >= 0.3 is 0 Å². The van der Waals surface area contributed by atoms with Crippen molar-refractivity contribution in [3.63, 3.8) is 0 Å². The predicted octanol–water partition coefficient (Wildman–Crippen LogP) is 4.18. The fourth-order valence-corrected chi connectivity index (χ4v) is 2.46. The highest BCUT2D eigenvalue weighted by atomic mass is 35.5. The second kappa shape index (κ2) is 8.17. The zero-order chi connectivity index (χ0) is 18.4. The van der Waals surface area contributed by atoms with Crippen molar-refractivity contribution in [1.82, 2.24) is 5.32 Å². The zero-order valence-corrected chi connectivity index (χ0v) is 15.5. The second-order valence-corrected chi connectivity index (χ2v) is 6.81. The zero-order valence-electron chi connectivity index (χ0n) is 14.7. The van der Waals surface area contributed by atoms with Crippen LogP contribution in [-0.4, -0.2) is 11.8 Å². The summed E-state index contributed by atoms with van der Waals surface area (Å²) in [4.78, 5) is 25.0. The molecule has 0 aromatic heterocycles.